The molecule has 35 heavy (non-hydrogen) atoms. The molecule has 2 aromatic carbocycles. The second kappa shape index (κ2) is 9.63. The van der Waals surface area contributed by atoms with E-state index in [1.807, 2.05) is 48.2 Å². The molecule has 2 heterocycles. The minimum atomic E-state index is -0.620. The number of nitrogens with zero attached hydrogens (tertiary/aromatic N) is 2. The van der Waals surface area contributed by atoms with E-state index in [-0.39, 0.29) is 24.0 Å². The van der Waals surface area contributed by atoms with Crippen molar-refractivity contribution in [1.82, 2.24) is 10.2 Å². The van der Waals surface area contributed by atoms with E-state index < -0.39 is 6.04 Å². The molecule has 0 radical (unpaired) electrons. The number of carbonyl (C=O) groups is 3. The summed E-state index contributed by atoms with van der Waals surface area (Å²) < 4.78 is 0.909. The smallest absolute Gasteiger partial charge is 0.257 e. The van der Waals surface area contributed by atoms with Gasteiger partial charge in [0.15, 0.2) is 5.78 Å². The highest BCUT2D eigenvalue weighted by atomic mass is 79.9. The predicted octanol–water partition coefficient (Wildman–Crippen LogP) is 4.86. The van der Waals surface area contributed by atoms with Crippen LogP contribution in [-0.4, -0.2) is 41.6 Å². The zero-order valence-electron chi connectivity index (χ0n) is 19.3. The zero-order valence-corrected chi connectivity index (χ0v) is 21.7. The molecule has 2 aliphatic heterocycles. The summed E-state index contributed by atoms with van der Waals surface area (Å²) in [4.78, 5) is 43.1. The number of benzene rings is 2. The number of ketones is 1. The van der Waals surface area contributed by atoms with Crippen molar-refractivity contribution in [2.45, 2.75) is 38.6 Å². The molecule has 6 nitrogen and oxygen atoms in total. The van der Waals surface area contributed by atoms with Crippen molar-refractivity contribution >= 4 is 56.9 Å². The van der Waals surface area contributed by atoms with Gasteiger partial charge in [0.05, 0.1) is 12.1 Å². The van der Waals surface area contributed by atoms with Gasteiger partial charge in [-0.25, -0.2) is 4.90 Å². The number of anilines is 1. The van der Waals surface area contributed by atoms with Gasteiger partial charge in [-0.15, -0.1) is 0 Å². The first-order chi connectivity index (χ1) is 16.9. The standard InChI is InChI=1S/C27H25BrClN3O3/c1-2-17-14-19(28)6-10-22(17)32-24(33)15-23(27(32)35)31-12-11-30-26(31)21-9-5-18(25(21)34)13-16-3-7-20(29)8-4-16/h3-4,6-8,10,13-14,23,30H,2,5,9,11-12,15H2,1H3/b18-13-,26-21+/t23-/m1/s1. The van der Waals surface area contributed by atoms with E-state index in [9.17, 15) is 14.4 Å². The second-order valence-electron chi connectivity index (χ2n) is 8.91. The van der Waals surface area contributed by atoms with Crippen LogP contribution in [0.25, 0.3) is 6.08 Å². The maximum absolute atomic E-state index is 13.5. The van der Waals surface area contributed by atoms with E-state index in [1.165, 1.54) is 4.90 Å². The molecule has 3 fully saturated rings. The average Bonchev–Trinajstić information content (AvgIpc) is 3.53. The van der Waals surface area contributed by atoms with Crippen LogP contribution in [0.1, 0.15) is 37.3 Å². The van der Waals surface area contributed by atoms with Gasteiger partial charge in [0, 0.05) is 33.7 Å². The summed E-state index contributed by atoms with van der Waals surface area (Å²) in [5.41, 5.74) is 3.91. The van der Waals surface area contributed by atoms with Crippen LogP contribution in [0, 0.1) is 0 Å². The van der Waals surface area contributed by atoms with Crippen LogP contribution in [0.15, 0.2) is 63.9 Å². The Balaban J connectivity index is 1.42. The molecule has 2 amide bonds. The van der Waals surface area contributed by atoms with E-state index in [0.717, 1.165) is 21.2 Å². The molecular formula is C27H25BrClN3O3. The molecule has 8 heteroatoms. The van der Waals surface area contributed by atoms with Crippen molar-refractivity contribution < 1.29 is 14.4 Å². The third-order valence-electron chi connectivity index (χ3n) is 6.80. The number of rotatable bonds is 4. The maximum atomic E-state index is 13.5. The van der Waals surface area contributed by atoms with E-state index in [1.54, 1.807) is 12.1 Å². The van der Waals surface area contributed by atoms with Crippen LogP contribution in [0.2, 0.25) is 5.02 Å². The number of Topliss-reactive ketones (excluding diaryl/α,β-unsaturated/α-hetero) is 1. The van der Waals surface area contributed by atoms with E-state index in [4.69, 9.17) is 11.6 Å². The van der Waals surface area contributed by atoms with Crippen LogP contribution >= 0.6 is 27.5 Å². The lowest BCUT2D eigenvalue weighted by Crippen LogP contribution is -2.41. The summed E-state index contributed by atoms with van der Waals surface area (Å²) in [6.07, 6.45) is 3.93. The zero-order chi connectivity index (χ0) is 24.7. The van der Waals surface area contributed by atoms with E-state index >= 15 is 0 Å². The molecular weight excluding hydrogens is 530 g/mol. The lowest BCUT2D eigenvalue weighted by molar-refractivity contribution is -0.122. The summed E-state index contributed by atoms with van der Waals surface area (Å²) in [6, 6.07) is 12.4. The fourth-order valence-corrected chi connectivity index (χ4v) is 5.61. The Labute approximate surface area is 217 Å². The first-order valence-corrected chi connectivity index (χ1v) is 12.9. The summed E-state index contributed by atoms with van der Waals surface area (Å²) in [6.45, 7) is 3.20. The van der Waals surface area contributed by atoms with Crippen LogP contribution in [-0.2, 0) is 20.8 Å². The molecule has 2 saturated heterocycles. The van der Waals surface area contributed by atoms with Crippen molar-refractivity contribution in [3.63, 3.8) is 0 Å². The number of aryl methyl sites for hydroxylation is 1. The van der Waals surface area contributed by atoms with Gasteiger partial charge in [0.2, 0.25) is 5.91 Å². The molecule has 0 bridgehead atoms. The van der Waals surface area contributed by atoms with Crippen LogP contribution in [0.5, 0.6) is 0 Å². The lowest BCUT2D eigenvalue weighted by Gasteiger charge is -2.26. The summed E-state index contributed by atoms with van der Waals surface area (Å²) in [5, 5.41) is 3.97. The third-order valence-corrected chi connectivity index (χ3v) is 7.55. The summed E-state index contributed by atoms with van der Waals surface area (Å²) >= 11 is 9.44. The molecule has 1 aliphatic carbocycles. The first-order valence-electron chi connectivity index (χ1n) is 11.8. The molecule has 1 saturated carbocycles. The molecule has 3 aliphatic rings. The SMILES string of the molecule is CCc1cc(Br)ccc1N1C(=O)C[C@@H](N2CCN/C2=C2/CC/C(=C/c3ccc(Cl)cc3)C2=O)C1=O. The highest BCUT2D eigenvalue weighted by Crippen LogP contribution is 2.36. The number of hydrogen-bond donors (Lipinski definition) is 1. The monoisotopic (exact) mass is 553 g/mol. The predicted molar refractivity (Wildman–Crippen MR) is 140 cm³/mol. The largest absolute Gasteiger partial charge is 0.370 e. The number of halogens is 2. The Kier molecular flexibility index (Phi) is 6.55. The van der Waals surface area contributed by atoms with Crippen molar-refractivity contribution in [2.24, 2.45) is 0 Å². The molecule has 180 valence electrons. The number of imide groups is 1. The number of amides is 2. The Bertz CT molecular complexity index is 1290. The summed E-state index contributed by atoms with van der Waals surface area (Å²) in [5.74, 6) is 0.226. The number of hydrogen-bond acceptors (Lipinski definition) is 5. The van der Waals surface area contributed by atoms with Gasteiger partial charge in [0.25, 0.3) is 5.91 Å². The number of nitrogens with one attached hydrogen (secondary N) is 1. The van der Waals surface area contributed by atoms with Crippen molar-refractivity contribution in [3.8, 4) is 0 Å². The Morgan fingerprint density at radius 2 is 1.89 bits per heavy atom. The highest BCUT2D eigenvalue weighted by molar-refractivity contribution is 9.10. The van der Waals surface area contributed by atoms with Crippen LogP contribution in [0.3, 0.4) is 0 Å². The van der Waals surface area contributed by atoms with Gasteiger partial charge in [-0.3, -0.25) is 14.4 Å². The Morgan fingerprint density at radius 3 is 2.63 bits per heavy atom. The molecule has 0 aromatic heterocycles. The molecule has 2 aromatic rings. The van der Waals surface area contributed by atoms with Gasteiger partial charge in [-0.05, 0) is 66.8 Å². The van der Waals surface area contributed by atoms with Crippen molar-refractivity contribution in [2.75, 3.05) is 18.0 Å². The quantitative estimate of drug-likeness (QED) is 0.432. The van der Waals surface area contributed by atoms with Crippen LogP contribution in [0.4, 0.5) is 5.69 Å². The minimum absolute atomic E-state index is 0.0100. The van der Waals surface area contributed by atoms with Gasteiger partial charge in [0.1, 0.15) is 11.9 Å². The van der Waals surface area contributed by atoms with E-state index in [0.29, 0.717) is 54.5 Å². The molecule has 5 rings (SSSR count). The molecule has 0 unspecified atom stereocenters. The summed E-state index contributed by atoms with van der Waals surface area (Å²) in [7, 11) is 0. The number of carbonyl (C=O) groups excluding carboxylic acids is 3. The van der Waals surface area contributed by atoms with Gasteiger partial charge < -0.3 is 10.2 Å². The maximum Gasteiger partial charge on any atom is 0.257 e. The Morgan fingerprint density at radius 1 is 1.11 bits per heavy atom. The minimum Gasteiger partial charge on any atom is -0.370 e. The Hall–Kier alpha value is -2.90. The highest BCUT2D eigenvalue weighted by Gasteiger charge is 2.46. The normalized spacial score (nSPS) is 23.7. The molecule has 0 spiro atoms. The van der Waals surface area contributed by atoms with Gasteiger partial charge in [-0.2, -0.15) is 0 Å². The third kappa shape index (κ3) is 4.43. The first kappa shape index (κ1) is 23.8. The average molecular weight is 555 g/mol. The van der Waals surface area contributed by atoms with Crippen molar-refractivity contribution in [1.29, 1.82) is 0 Å². The van der Waals surface area contributed by atoms with Crippen LogP contribution < -0.4 is 10.2 Å². The topological polar surface area (TPSA) is 69.7 Å². The van der Waals surface area contributed by atoms with Crippen molar-refractivity contribution in [3.05, 3.63) is 80.1 Å². The molecule has 1 N–H and O–H groups in total. The fourth-order valence-electron chi connectivity index (χ4n) is 5.07. The number of allylic oxidation sites excluding steroid dienone is 2. The van der Waals surface area contributed by atoms with Gasteiger partial charge >= 0.3 is 0 Å². The second-order valence-corrected chi connectivity index (χ2v) is 10.3. The molecule has 1 atom stereocenters. The van der Waals surface area contributed by atoms with Gasteiger partial charge in [-0.1, -0.05) is 46.6 Å². The lowest BCUT2D eigenvalue weighted by atomic mass is 10.1. The van der Waals surface area contributed by atoms with E-state index in [2.05, 4.69) is 21.2 Å². The fraction of sp³-hybridized carbons (Fsp3) is 0.296.